The van der Waals surface area contributed by atoms with Gasteiger partial charge in [0.05, 0.1) is 5.75 Å². The van der Waals surface area contributed by atoms with E-state index in [2.05, 4.69) is 21.8 Å². The van der Waals surface area contributed by atoms with Gasteiger partial charge in [0.2, 0.25) is 5.91 Å². The van der Waals surface area contributed by atoms with E-state index >= 15 is 0 Å². The largest absolute Gasteiger partial charge is 0.338 e. The first kappa shape index (κ1) is 19.8. The summed E-state index contributed by atoms with van der Waals surface area (Å²) in [7, 11) is 0. The molecule has 28 heavy (non-hydrogen) atoms. The predicted octanol–water partition coefficient (Wildman–Crippen LogP) is 3.67. The van der Waals surface area contributed by atoms with E-state index in [0.717, 1.165) is 17.0 Å². The summed E-state index contributed by atoms with van der Waals surface area (Å²) in [6.07, 6.45) is 5.25. The molecule has 7 heteroatoms. The molecule has 144 valence electrons. The second-order valence-corrected chi connectivity index (χ2v) is 7.07. The molecule has 1 aromatic carbocycles. The van der Waals surface area contributed by atoms with Crippen molar-refractivity contribution in [3.05, 3.63) is 73.1 Å². The number of carbonyl (C=O) groups is 1. The fourth-order valence-electron chi connectivity index (χ4n) is 2.80. The molecule has 0 aliphatic carbocycles. The molecule has 0 saturated heterocycles. The Morgan fingerprint density at radius 1 is 1.18 bits per heavy atom. The predicted molar refractivity (Wildman–Crippen MR) is 112 cm³/mol. The number of aromatic nitrogens is 4. The molecule has 0 spiro atoms. The summed E-state index contributed by atoms with van der Waals surface area (Å²) < 4.78 is 1.97. The number of pyridine rings is 1. The maximum absolute atomic E-state index is 12.7. The SMILES string of the molecule is C=CCn1c(SCC(=O)N(CC)Cc2ccccc2)nnc1-c1ccncc1. The number of carbonyl (C=O) groups excluding carboxylic acids is 1. The van der Waals surface area contributed by atoms with Gasteiger partial charge in [-0.2, -0.15) is 0 Å². The summed E-state index contributed by atoms with van der Waals surface area (Å²) in [5.74, 6) is 1.13. The van der Waals surface area contributed by atoms with Crippen LogP contribution in [0.25, 0.3) is 11.4 Å². The van der Waals surface area contributed by atoms with Gasteiger partial charge in [-0.3, -0.25) is 14.3 Å². The highest BCUT2D eigenvalue weighted by Crippen LogP contribution is 2.24. The van der Waals surface area contributed by atoms with Gasteiger partial charge in [-0.1, -0.05) is 48.2 Å². The van der Waals surface area contributed by atoms with E-state index in [1.54, 1.807) is 18.5 Å². The summed E-state index contributed by atoms with van der Waals surface area (Å²) in [5.41, 5.74) is 2.05. The molecule has 0 fully saturated rings. The Morgan fingerprint density at radius 3 is 2.61 bits per heavy atom. The Bertz CT molecular complexity index is 911. The molecule has 0 aliphatic heterocycles. The molecule has 3 aromatic rings. The lowest BCUT2D eigenvalue weighted by Gasteiger charge is -2.20. The van der Waals surface area contributed by atoms with E-state index in [4.69, 9.17) is 0 Å². The minimum Gasteiger partial charge on any atom is -0.338 e. The molecule has 0 bridgehead atoms. The number of hydrogen-bond donors (Lipinski definition) is 0. The molecule has 2 aromatic heterocycles. The van der Waals surface area contributed by atoms with Crippen LogP contribution in [0.5, 0.6) is 0 Å². The molecular weight excluding hydrogens is 370 g/mol. The number of thioether (sulfide) groups is 1. The fraction of sp³-hybridized carbons (Fsp3) is 0.238. The molecule has 3 rings (SSSR count). The van der Waals surface area contributed by atoms with Crippen LogP contribution in [0.4, 0.5) is 0 Å². The van der Waals surface area contributed by atoms with Gasteiger partial charge < -0.3 is 4.90 Å². The molecule has 2 heterocycles. The van der Waals surface area contributed by atoms with Crippen LogP contribution in [0.2, 0.25) is 0 Å². The second-order valence-electron chi connectivity index (χ2n) is 6.12. The Hall–Kier alpha value is -2.93. The molecule has 0 aliphatic rings. The van der Waals surface area contributed by atoms with Crippen LogP contribution in [0.1, 0.15) is 12.5 Å². The first-order chi connectivity index (χ1) is 13.7. The average Bonchev–Trinajstić information content (AvgIpc) is 3.14. The number of nitrogens with zero attached hydrogens (tertiary/aromatic N) is 5. The molecule has 0 N–H and O–H groups in total. The minimum atomic E-state index is 0.0787. The zero-order valence-corrected chi connectivity index (χ0v) is 16.7. The van der Waals surface area contributed by atoms with Gasteiger partial charge in [0.25, 0.3) is 0 Å². The van der Waals surface area contributed by atoms with E-state index in [-0.39, 0.29) is 5.91 Å². The van der Waals surface area contributed by atoms with Crippen molar-refractivity contribution in [2.45, 2.75) is 25.2 Å². The molecule has 0 atom stereocenters. The Labute approximate surface area is 169 Å². The summed E-state index contributed by atoms with van der Waals surface area (Å²) >= 11 is 1.40. The number of amides is 1. The van der Waals surface area contributed by atoms with Crippen molar-refractivity contribution in [3.63, 3.8) is 0 Å². The Kier molecular flexibility index (Phi) is 6.97. The highest BCUT2D eigenvalue weighted by molar-refractivity contribution is 7.99. The first-order valence-corrected chi connectivity index (χ1v) is 10.1. The van der Waals surface area contributed by atoms with Crippen molar-refractivity contribution in [1.82, 2.24) is 24.6 Å². The van der Waals surface area contributed by atoms with Crippen LogP contribution in [-0.2, 0) is 17.9 Å². The third-order valence-electron chi connectivity index (χ3n) is 4.24. The molecular formula is C21H23N5OS. The van der Waals surface area contributed by atoms with Gasteiger partial charge in [0.15, 0.2) is 11.0 Å². The van der Waals surface area contributed by atoms with Crippen molar-refractivity contribution in [2.24, 2.45) is 0 Å². The highest BCUT2D eigenvalue weighted by Gasteiger charge is 2.17. The van der Waals surface area contributed by atoms with Gasteiger partial charge in [-0.15, -0.1) is 16.8 Å². The third-order valence-corrected chi connectivity index (χ3v) is 5.19. The van der Waals surface area contributed by atoms with E-state index in [0.29, 0.717) is 30.5 Å². The number of benzene rings is 1. The standard InChI is InChI=1S/C21H23N5OS/c1-3-14-26-20(18-10-12-22-13-11-18)23-24-21(26)28-16-19(27)25(4-2)15-17-8-6-5-7-9-17/h3,5-13H,1,4,14-16H2,2H3. The minimum absolute atomic E-state index is 0.0787. The monoisotopic (exact) mass is 393 g/mol. The summed E-state index contributed by atoms with van der Waals surface area (Å²) in [6.45, 7) is 7.66. The topological polar surface area (TPSA) is 63.9 Å². The van der Waals surface area contributed by atoms with E-state index < -0.39 is 0 Å². The molecule has 0 saturated carbocycles. The summed E-state index contributed by atoms with van der Waals surface area (Å²) in [6, 6.07) is 13.8. The van der Waals surface area contributed by atoms with Gasteiger partial charge in [-0.25, -0.2) is 0 Å². The molecule has 0 radical (unpaired) electrons. The smallest absolute Gasteiger partial charge is 0.233 e. The van der Waals surface area contributed by atoms with Crippen LogP contribution in [-0.4, -0.2) is 42.9 Å². The Morgan fingerprint density at radius 2 is 1.93 bits per heavy atom. The van der Waals surface area contributed by atoms with Crippen LogP contribution >= 0.6 is 11.8 Å². The Balaban J connectivity index is 1.70. The van der Waals surface area contributed by atoms with Crippen molar-refractivity contribution in [1.29, 1.82) is 0 Å². The van der Waals surface area contributed by atoms with Crippen LogP contribution < -0.4 is 0 Å². The zero-order chi connectivity index (χ0) is 19.8. The first-order valence-electron chi connectivity index (χ1n) is 9.12. The van der Waals surface area contributed by atoms with E-state index in [1.807, 2.05) is 58.9 Å². The molecule has 6 nitrogen and oxygen atoms in total. The summed E-state index contributed by atoms with van der Waals surface area (Å²) in [5, 5.41) is 9.30. The lowest BCUT2D eigenvalue weighted by molar-refractivity contribution is -0.128. The quantitative estimate of drug-likeness (QED) is 0.410. The normalized spacial score (nSPS) is 10.6. The van der Waals surface area contributed by atoms with Gasteiger partial charge in [0.1, 0.15) is 0 Å². The lowest BCUT2D eigenvalue weighted by atomic mass is 10.2. The fourth-order valence-corrected chi connectivity index (χ4v) is 3.65. The van der Waals surface area contributed by atoms with Crippen molar-refractivity contribution in [2.75, 3.05) is 12.3 Å². The van der Waals surface area contributed by atoms with Crippen LogP contribution in [0.15, 0.2) is 72.7 Å². The molecule has 0 unspecified atom stereocenters. The van der Waals surface area contributed by atoms with E-state index in [9.17, 15) is 4.79 Å². The highest BCUT2D eigenvalue weighted by atomic mass is 32.2. The van der Waals surface area contributed by atoms with Crippen LogP contribution in [0.3, 0.4) is 0 Å². The maximum Gasteiger partial charge on any atom is 0.233 e. The van der Waals surface area contributed by atoms with Gasteiger partial charge >= 0.3 is 0 Å². The van der Waals surface area contributed by atoms with Gasteiger partial charge in [-0.05, 0) is 24.6 Å². The lowest BCUT2D eigenvalue weighted by Crippen LogP contribution is -2.31. The van der Waals surface area contributed by atoms with Crippen molar-refractivity contribution >= 4 is 17.7 Å². The van der Waals surface area contributed by atoms with Gasteiger partial charge in [0, 0.05) is 37.6 Å². The maximum atomic E-state index is 12.7. The zero-order valence-electron chi connectivity index (χ0n) is 15.9. The molecule has 1 amide bonds. The number of allylic oxidation sites excluding steroid dienone is 1. The second kappa shape index (κ2) is 9.85. The third kappa shape index (κ3) is 4.86. The van der Waals surface area contributed by atoms with E-state index in [1.165, 1.54) is 11.8 Å². The number of rotatable bonds is 9. The van der Waals surface area contributed by atoms with Crippen LogP contribution in [0, 0.1) is 0 Å². The average molecular weight is 394 g/mol. The summed E-state index contributed by atoms with van der Waals surface area (Å²) in [4.78, 5) is 18.6. The van der Waals surface area contributed by atoms with Crippen molar-refractivity contribution in [3.8, 4) is 11.4 Å². The van der Waals surface area contributed by atoms with Crippen molar-refractivity contribution < 1.29 is 4.79 Å². The number of hydrogen-bond acceptors (Lipinski definition) is 5.